The van der Waals surface area contributed by atoms with Gasteiger partial charge >= 0.3 is 0 Å². The van der Waals surface area contributed by atoms with Crippen molar-refractivity contribution in [2.75, 3.05) is 6.54 Å². The van der Waals surface area contributed by atoms with E-state index in [9.17, 15) is 0 Å². The number of hydrogen-bond acceptors (Lipinski definition) is 3. The van der Waals surface area contributed by atoms with Crippen LogP contribution in [0.15, 0.2) is 30.3 Å². The van der Waals surface area contributed by atoms with Crippen molar-refractivity contribution in [1.29, 1.82) is 0 Å². The van der Waals surface area contributed by atoms with Crippen LogP contribution in [0.2, 0.25) is 0 Å². The molecule has 82 valence electrons. The molecule has 0 N–H and O–H groups in total. The van der Waals surface area contributed by atoms with E-state index in [1.54, 1.807) is 0 Å². The van der Waals surface area contributed by atoms with Crippen LogP contribution in [0, 0.1) is 0 Å². The van der Waals surface area contributed by atoms with Gasteiger partial charge in [0.2, 0.25) is 0 Å². The zero-order chi connectivity index (χ0) is 11.0. The molecule has 0 radical (unpaired) electrons. The molecule has 16 heavy (non-hydrogen) atoms. The van der Waals surface area contributed by atoms with E-state index in [0.717, 1.165) is 36.8 Å². The molecule has 0 amide bonds. The van der Waals surface area contributed by atoms with Gasteiger partial charge in [0.1, 0.15) is 5.82 Å². The van der Waals surface area contributed by atoms with E-state index >= 15 is 0 Å². The third kappa shape index (κ3) is 1.84. The van der Waals surface area contributed by atoms with E-state index in [0.29, 0.717) is 0 Å². The van der Waals surface area contributed by atoms with Gasteiger partial charge < -0.3 is 0 Å². The van der Waals surface area contributed by atoms with Crippen LogP contribution in [-0.4, -0.2) is 24.4 Å². The number of fused-ring (bicyclic) bond motifs is 1. The Morgan fingerprint density at radius 1 is 1.12 bits per heavy atom. The first-order valence-electron chi connectivity index (χ1n) is 5.23. The molecule has 0 spiro atoms. The van der Waals surface area contributed by atoms with Gasteiger partial charge in [-0.05, 0) is 0 Å². The van der Waals surface area contributed by atoms with Crippen molar-refractivity contribution in [3.05, 3.63) is 36.2 Å². The summed E-state index contributed by atoms with van der Waals surface area (Å²) in [7, 11) is 0. The quantitative estimate of drug-likeness (QED) is 0.595. The van der Waals surface area contributed by atoms with E-state index in [4.69, 9.17) is 0 Å². The van der Waals surface area contributed by atoms with Crippen LogP contribution in [0.4, 0.5) is 0 Å². The number of rotatable bonds is 1. The summed E-state index contributed by atoms with van der Waals surface area (Å²) in [6.45, 7) is 2.84. The minimum Gasteiger partial charge on any atom is -0.247 e. The smallest absolute Gasteiger partial charge is 0.181 e. The van der Waals surface area contributed by atoms with Crippen LogP contribution in [-0.2, 0) is 13.1 Å². The Bertz CT molecular complexity index is 494. The minimum absolute atomic E-state index is 0.835. The van der Waals surface area contributed by atoms with Crippen LogP contribution in [0.25, 0.3) is 11.4 Å². The largest absolute Gasteiger partial charge is 0.247 e. The highest BCUT2D eigenvalue weighted by Gasteiger charge is 2.18. The van der Waals surface area contributed by atoms with E-state index < -0.39 is 0 Å². The Hall–Kier alpha value is -0.950. The van der Waals surface area contributed by atoms with E-state index in [1.165, 1.54) is 0 Å². The molecule has 2 aromatic rings. The first-order chi connectivity index (χ1) is 7.83. The van der Waals surface area contributed by atoms with Crippen LogP contribution < -0.4 is 0 Å². The maximum atomic E-state index is 4.58. The molecule has 4 nitrogen and oxygen atoms in total. The van der Waals surface area contributed by atoms with Gasteiger partial charge in [-0.1, -0.05) is 30.3 Å². The summed E-state index contributed by atoms with van der Waals surface area (Å²) < 4.78 is 4.24. The molecule has 3 rings (SSSR count). The second-order valence-electron chi connectivity index (χ2n) is 3.79. The molecule has 0 fully saturated rings. The van der Waals surface area contributed by atoms with Crippen LogP contribution in [0.5, 0.6) is 0 Å². The fraction of sp³-hybridized carbons (Fsp3) is 0.273. The Morgan fingerprint density at radius 3 is 2.75 bits per heavy atom. The molecule has 1 aromatic heterocycles. The highest BCUT2D eigenvalue weighted by molar-refractivity contribution is 14.1. The van der Waals surface area contributed by atoms with Gasteiger partial charge in [-0.25, -0.2) is 12.8 Å². The van der Waals surface area contributed by atoms with Gasteiger partial charge in [-0.3, -0.25) is 0 Å². The van der Waals surface area contributed by atoms with Gasteiger partial charge in [0.25, 0.3) is 0 Å². The summed E-state index contributed by atoms with van der Waals surface area (Å²) >= 11 is 2.33. The number of halogens is 1. The first kappa shape index (κ1) is 10.2. The maximum absolute atomic E-state index is 4.58. The molecule has 0 saturated heterocycles. The zero-order valence-electron chi connectivity index (χ0n) is 8.67. The lowest BCUT2D eigenvalue weighted by atomic mass is 10.2. The van der Waals surface area contributed by atoms with Crippen molar-refractivity contribution in [3.8, 4) is 11.4 Å². The normalized spacial score (nSPS) is 16.1. The summed E-state index contributed by atoms with van der Waals surface area (Å²) in [5.41, 5.74) is 1.09. The van der Waals surface area contributed by atoms with Gasteiger partial charge in [0.05, 0.1) is 13.1 Å². The molecule has 2 heterocycles. The summed E-state index contributed by atoms with van der Waals surface area (Å²) in [6, 6.07) is 10.1. The molecule has 0 atom stereocenters. The Balaban J connectivity index is 1.99. The van der Waals surface area contributed by atoms with Crippen molar-refractivity contribution in [2.24, 2.45) is 0 Å². The SMILES string of the molecule is IN1CCn2nc(-c3ccccc3)nc2C1. The third-order valence-electron chi connectivity index (χ3n) is 2.65. The van der Waals surface area contributed by atoms with Crippen LogP contribution >= 0.6 is 22.9 Å². The molecule has 0 bridgehead atoms. The van der Waals surface area contributed by atoms with Gasteiger partial charge in [0, 0.05) is 35.0 Å². The summed E-state index contributed by atoms with van der Waals surface area (Å²) in [5, 5.41) is 4.53. The fourth-order valence-electron chi connectivity index (χ4n) is 1.82. The summed E-state index contributed by atoms with van der Waals surface area (Å²) in [4.78, 5) is 4.58. The molecule has 1 aliphatic rings. The molecule has 1 aliphatic heterocycles. The van der Waals surface area contributed by atoms with Crippen molar-refractivity contribution >= 4 is 22.9 Å². The molecule has 1 aromatic carbocycles. The minimum atomic E-state index is 0.835. The van der Waals surface area contributed by atoms with E-state index in [1.807, 2.05) is 35.0 Å². The average molecular weight is 326 g/mol. The lowest BCUT2D eigenvalue weighted by molar-refractivity contribution is 0.374. The Morgan fingerprint density at radius 2 is 1.94 bits per heavy atom. The summed E-state index contributed by atoms with van der Waals surface area (Å²) in [5.74, 6) is 1.89. The molecule has 0 unspecified atom stereocenters. The third-order valence-corrected chi connectivity index (χ3v) is 3.47. The molecule has 0 saturated carbocycles. The second-order valence-corrected chi connectivity index (χ2v) is 5.15. The van der Waals surface area contributed by atoms with Crippen molar-refractivity contribution < 1.29 is 0 Å². The van der Waals surface area contributed by atoms with Crippen molar-refractivity contribution in [3.63, 3.8) is 0 Å². The van der Waals surface area contributed by atoms with Gasteiger partial charge in [0.15, 0.2) is 5.82 Å². The Kier molecular flexibility index (Phi) is 2.64. The van der Waals surface area contributed by atoms with Gasteiger partial charge in [-0.2, -0.15) is 5.10 Å². The monoisotopic (exact) mass is 326 g/mol. The second kappa shape index (κ2) is 4.14. The lowest BCUT2D eigenvalue weighted by Gasteiger charge is -2.19. The zero-order valence-corrected chi connectivity index (χ0v) is 10.8. The number of hydrogen-bond donors (Lipinski definition) is 0. The maximum Gasteiger partial charge on any atom is 0.181 e. The first-order valence-corrected chi connectivity index (χ1v) is 6.19. The van der Waals surface area contributed by atoms with E-state index in [2.05, 4.69) is 36.1 Å². The Labute approximate surface area is 108 Å². The van der Waals surface area contributed by atoms with E-state index in [-0.39, 0.29) is 0 Å². The van der Waals surface area contributed by atoms with Crippen molar-refractivity contribution in [1.82, 2.24) is 17.9 Å². The van der Waals surface area contributed by atoms with Crippen LogP contribution in [0.1, 0.15) is 5.82 Å². The highest BCUT2D eigenvalue weighted by atomic mass is 127. The van der Waals surface area contributed by atoms with Gasteiger partial charge in [-0.15, -0.1) is 0 Å². The van der Waals surface area contributed by atoms with Crippen LogP contribution in [0.3, 0.4) is 0 Å². The summed E-state index contributed by atoms with van der Waals surface area (Å²) in [6.07, 6.45) is 0. The predicted octanol–water partition coefficient (Wildman–Crippen LogP) is 2.11. The highest BCUT2D eigenvalue weighted by Crippen LogP contribution is 2.19. The fourth-order valence-corrected chi connectivity index (χ4v) is 2.34. The molecular formula is C11H11IN4. The average Bonchev–Trinajstić information content (AvgIpc) is 2.73. The predicted molar refractivity (Wildman–Crippen MR) is 69.9 cm³/mol. The molecule has 5 heteroatoms. The number of aromatic nitrogens is 3. The molecule has 0 aliphatic carbocycles. The topological polar surface area (TPSA) is 34.0 Å². The lowest BCUT2D eigenvalue weighted by Crippen LogP contribution is -2.26. The van der Waals surface area contributed by atoms with Crippen molar-refractivity contribution in [2.45, 2.75) is 13.1 Å². The number of nitrogens with zero attached hydrogens (tertiary/aromatic N) is 4. The standard InChI is InChI=1S/C11H11IN4/c12-15-6-7-16-10(8-15)13-11(14-16)9-4-2-1-3-5-9/h1-5H,6-8H2. The molecular weight excluding hydrogens is 315 g/mol. The number of benzene rings is 1.